The topological polar surface area (TPSA) is 53.4 Å². The van der Waals surface area contributed by atoms with Gasteiger partial charge in [0.2, 0.25) is 0 Å². The molecule has 6 heteroatoms. The molecular formula is C14H18N2O2S2. The fraction of sp³-hybridized carbons (Fsp3) is 0.429. The molecular weight excluding hydrogens is 292 g/mol. The number of carboxylic acids is 1. The molecule has 1 N–H and O–H groups in total. The maximum atomic E-state index is 11.2. The van der Waals surface area contributed by atoms with Crippen molar-refractivity contribution in [1.29, 1.82) is 0 Å². The van der Waals surface area contributed by atoms with E-state index in [2.05, 4.69) is 16.4 Å². The zero-order valence-electron chi connectivity index (χ0n) is 11.6. The molecule has 0 amide bonds. The quantitative estimate of drug-likeness (QED) is 0.850. The monoisotopic (exact) mass is 310 g/mol. The fourth-order valence-electron chi connectivity index (χ4n) is 1.90. The Hall–Kier alpha value is -1.40. The van der Waals surface area contributed by atoms with Gasteiger partial charge in [-0.2, -0.15) is 0 Å². The number of aromatic nitrogens is 1. The Morgan fingerprint density at radius 1 is 1.45 bits per heavy atom. The van der Waals surface area contributed by atoms with Gasteiger partial charge < -0.3 is 10.0 Å². The van der Waals surface area contributed by atoms with Crippen LogP contribution in [0.5, 0.6) is 0 Å². The maximum absolute atomic E-state index is 11.2. The van der Waals surface area contributed by atoms with Crippen LogP contribution in [-0.4, -0.2) is 29.7 Å². The van der Waals surface area contributed by atoms with Crippen molar-refractivity contribution >= 4 is 33.8 Å². The summed E-state index contributed by atoms with van der Waals surface area (Å²) in [6.45, 7) is 2.88. The molecule has 0 unspecified atom stereocenters. The minimum absolute atomic E-state index is 0.379. The summed E-state index contributed by atoms with van der Waals surface area (Å²) in [4.78, 5) is 19.5. The third-order valence-electron chi connectivity index (χ3n) is 2.97. The molecule has 0 radical (unpaired) electrons. The average molecular weight is 310 g/mol. The summed E-state index contributed by atoms with van der Waals surface area (Å²) in [5.74, 6) is -0.871. The van der Waals surface area contributed by atoms with Gasteiger partial charge in [0.25, 0.3) is 0 Å². The van der Waals surface area contributed by atoms with Crippen LogP contribution in [-0.2, 0) is 12.8 Å². The van der Waals surface area contributed by atoms with E-state index in [1.165, 1.54) is 16.2 Å². The number of aryl methyl sites for hydroxylation is 1. The van der Waals surface area contributed by atoms with E-state index >= 15 is 0 Å². The number of anilines is 1. The van der Waals surface area contributed by atoms with Gasteiger partial charge >= 0.3 is 5.97 Å². The molecule has 0 aromatic carbocycles. The second kappa shape index (κ2) is 6.85. The third-order valence-corrected chi connectivity index (χ3v) is 5.10. The van der Waals surface area contributed by atoms with Gasteiger partial charge in [0, 0.05) is 18.5 Å². The Bertz CT molecular complexity index is 564. The predicted octanol–water partition coefficient (Wildman–Crippen LogP) is 3.53. The Labute approximate surface area is 126 Å². The number of thiophene rings is 1. The Morgan fingerprint density at radius 3 is 2.85 bits per heavy atom. The van der Waals surface area contributed by atoms with Gasteiger partial charge in [-0.25, -0.2) is 9.78 Å². The van der Waals surface area contributed by atoms with Gasteiger partial charge in [0.05, 0.1) is 5.69 Å². The lowest BCUT2D eigenvalue weighted by Crippen LogP contribution is -2.19. The van der Waals surface area contributed by atoms with Gasteiger partial charge in [-0.15, -0.1) is 11.3 Å². The molecule has 0 aliphatic heterocycles. The molecule has 0 aliphatic carbocycles. The first kappa shape index (κ1) is 15.0. The third kappa shape index (κ3) is 3.58. The number of rotatable bonds is 7. The van der Waals surface area contributed by atoms with E-state index in [0.29, 0.717) is 10.6 Å². The van der Waals surface area contributed by atoms with Crippen LogP contribution in [0.2, 0.25) is 0 Å². The highest BCUT2D eigenvalue weighted by Crippen LogP contribution is 2.27. The molecule has 0 aliphatic rings. The van der Waals surface area contributed by atoms with Crippen LogP contribution in [0.15, 0.2) is 17.5 Å². The van der Waals surface area contributed by atoms with E-state index in [1.54, 1.807) is 11.3 Å². The smallest absolute Gasteiger partial charge is 0.347 e. The largest absolute Gasteiger partial charge is 0.477 e. The summed E-state index contributed by atoms with van der Waals surface area (Å²) in [6, 6.07) is 4.16. The second-order valence-corrected chi connectivity index (χ2v) is 6.59. The molecule has 2 aromatic rings. The van der Waals surface area contributed by atoms with Gasteiger partial charge in [-0.05, 0) is 24.3 Å². The van der Waals surface area contributed by atoms with Gasteiger partial charge in [-0.1, -0.05) is 30.7 Å². The molecule has 2 rings (SSSR count). The van der Waals surface area contributed by atoms with E-state index in [0.717, 1.165) is 30.9 Å². The van der Waals surface area contributed by atoms with Gasteiger partial charge in [0.15, 0.2) is 5.13 Å². The maximum Gasteiger partial charge on any atom is 0.347 e. The highest BCUT2D eigenvalue weighted by molar-refractivity contribution is 7.17. The molecule has 108 valence electrons. The summed E-state index contributed by atoms with van der Waals surface area (Å²) in [6.07, 6.45) is 2.58. The lowest BCUT2D eigenvalue weighted by atomic mass is 10.2. The summed E-state index contributed by atoms with van der Waals surface area (Å²) in [5, 5.41) is 12.1. The highest BCUT2D eigenvalue weighted by atomic mass is 32.1. The first-order valence-electron chi connectivity index (χ1n) is 6.58. The fourth-order valence-corrected chi connectivity index (χ4v) is 3.54. The SMILES string of the molecule is CCCc1nc(N(C)CCc2cccs2)sc1C(=O)O. The van der Waals surface area contributed by atoms with Crippen LogP contribution in [0.25, 0.3) is 0 Å². The van der Waals surface area contributed by atoms with Crippen LogP contribution >= 0.6 is 22.7 Å². The van der Waals surface area contributed by atoms with Crippen molar-refractivity contribution < 1.29 is 9.90 Å². The van der Waals surface area contributed by atoms with Crippen molar-refractivity contribution in [3.8, 4) is 0 Å². The number of nitrogens with zero attached hydrogens (tertiary/aromatic N) is 2. The van der Waals surface area contributed by atoms with Gasteiger partial charge in [0.1, 0.15) is 4.88 Å². The summed E-state index contributed by atoms with van der Waals surface area (Å²) in [5.41, 5.74) is 0.711. The first-order valence-corrected chi connectivity index (χ1v) is 8.28. The second-order valence-electron chi connectivity index (χ2n) is 4.58. The van der Waals surface area contributed by atoms with Gasteiger partial charge in [-0.3, -0.25) is 0 Å². The number of carbonyl (C=O) groups is 1. The molecule has 0 saturated heterocycles. The highest BCUT2D eigenvalue weighted by Gasteiger charge is 2.18. The lowest BCUT2D eigenvalue weighted by Gasteiger charge is -2.14. The van der Waals surface area contributed by atoms with Crippen LogP contribution in [0.1, 0.15) is 33.6 Å². The standard InChI is InChI=1S/C14H18N2O2S2/c1-3-5-11-12(13(17)18)20-14(15-11)16(2)8-7-10-6-4-9-19-10/h4,6,9H,3,5,7-8H2,1-2H3,(H,17,18). The molecule has 20 heavy (non-hydrogen) atoms. The molecule has 0 saturated carbocycles. The molecule has 2 aromatic heterocycles. The van der Waals surface area contributed by atoms with Crippen molar-refractivity contribution in [2.45, 2.75) is 26.2 Å². The minimum Gasteiger partial charge on any atom is -0.477 e. The van der Waals surface area contributed by atoms with Crippen molar-refractivity contribution in [3.63, 3.8) is 0 Å². The van der Waals surface area contributed by atoms with Crippen LogP contribution in [0, 0.1) is 0 Å². The zero-order valence-corrected chi connectivity index (χ0v) is 13.3. The van der Waals surface area contributed by atoms with Crippen LogP contribution < -0.4 is 4.90 Å². The number of carboxylic acid groups (broad SMARTS) is 1. The van der Waals surface area contributed by atoms with Crippen molar-refractivity contribution in [3.05, 3.63) is 33.0 Å². The van der Waals surface area contributed by atoms with E-state index < -0.39 is 5.97 Å². The van der Waals surface area contributed by atoms with E-state index in [1.807, 2.05) is 24.9 Å². The first-order chi connectivity index (χ1) is 9.61. The number of hydrogen-bond acceptors (Lipinski definition) is 5. The Kier molecular flexibility index (Phi) is 5.14. The van der Waals surface area contributed by atoms with E-state index in [9.17, 15) is 9.90 Å². The molecule has 0 atom stereocenters. The van der Waals surface area contributed by atoms with Crippen LogP contribution in [0.3, 0.4) is 0 Å². The van der Waals surface area contributed by atoms with Crippen molar-refractivity contribution in [2.24, 2.45) is 0 Å². The summed E-state index contributed by atoms with van der Waals surface area (Å²) in [7, 11) is 1.97. The number of hydrogen-bond donors (Lipinski definition) is 1. The minimum atomic E-state index is -0.871. The van der Waals surface area contributed by atoms with Crippen LogP contribution in [0.4, 0.5) is 5.13 Å². The zero-order chi connectivity index (χ0) is 14.5. The molecule has 0 bridgehead atoms. The van der Waals surface area contributed by atoms with Crippen molar-refractivity contribution in [1.82, 2.24) is 4.98 Å². The normalized spacial score (nSPS) is 10.7. The Morgan fingerprint density at radius 2 is 2.25 bits per heavy atom. The molecule has 0 fully saturated rings. The van der Waals surface area contributed by atoms with Crippen molar-refractivity contribution in [2.75, 3.05) is 18.5 Å². The average Bonchev–Trinajstić information content (AvgIpc) is 3.05. The Balaban J connectivity index is 2.07. The predicted molar refractivity (Wildman–Crippen MR) is 84.4 cm³/mol. The summed E-state index contributed by atoms with van der Waals surface area (Å²) >= 11 is 3.02. The van der Waals surface area contributed by atoms with E-state index in [-0.39, 0.29) is 0 Å². The molecule has 0 spiro atoms. The number of aromatic carboxylic acids is 1. The summed E-state index contributed by atoms with van der Waals surface area (Å²) < 4.78 is 0. The number of thiazole rings is 1. The lowest BCUT2D eigenvalue weighted by molar-refractivity contribution is 0.0700. The van der Waals surface area contributed by atoms with E-state index in [4.69, 9.17) is 0 Å². The molecule has 4 nitrogen and oxygen atoms in total. The molecule has 2 heterocycles. The number of likely N-dealkylation sites (N-methyl/N-ethyl adjacent to an activating group) is 1.